The number of carbonyl (C=O) groups is 2. The van der Waals surface area contributed by atoms with Crippen molar-refractivity contribution >= 4 is 34.3 Å². The number of hydrogen-bond acceptors (Lipinski definition) is 4. The first-order chi connectivity index (χ1) is 10.5. The number of nitrogens with two attached hydrogens (primary N) is 1. The molecule has 0 aliphatic carbocycles. The summed E-state index contributed by atoms with van der Waals surface area (Å²) in [5, 5.41) is 15.8. The van der Waals surface area contributed by atoms with Crippen LogP contribution in [-0.2, 0) is 7.05 Å². The first-order valence-electron chi connectivity index (χ1n) is 6.40. The summed E-state index contributed by atoms with van der Waals surface area (Å²) in [4.78, 5) is 23.3. The lowest BCUT2D eigenvalue weighted by Crippen LogP contribution is -2.16. The number of amides is 1. The zero-order chi connectivity index (χ0) is 15.9. The van der Waals surface area contributed by atoms with Crippen molar-refractivity contribution in [3.05, 3.63) is 42.4 Å². The van der Waals surface area contributed by atoms with Gasteiger partial charge in [-0.25, -0.2) is 4.79 Å². The Kier molecular flexibility index (Phi) is 3.06. The molecule has 8 nitrogen and oxygen atoms in total. The fraction of sp³-hybridized carbons (Fsp3) is 0.0714. The maximum atomic E-state index is 12.6. The molecule has 1 amide bonds. The van der Waals surface area contributed by atoms with Crippen LogP contribution in [0, 0.1) is 0 Å². The van der Waals surface area contributed by atoms with E-state index in [4.69, 9.17) is 10.8 Å². The van der Waals surface area contributed by atoms with Gasteiger partial charge in [0.15, 0.2) is 0 Å². The number of nitrogens with zero attached hydrogens (tertiary/aromatic N) is 3. The van der Waals surface area contributed by atoms with Crippen LogP contribution in [0.15, 0.2) is 36.7 Å². The van der Waals surface area contributed by atoms with Crippen molar-refractivity contribution < 1.29 is 14.7 Å². The summed E-state index contributed by atoms with van der Waals surface area (Å²) >= 11 is 0. The second kappa shape index (κ2) is 4.92. The van der Waals surface area contributed by atoms with Crippen LogP contribution in [-0.4, -0.2) is 31.5 Å². The van der Waals surface area contributed by atoms with E-state index in [0.717, 1.165) is 5.39 Å². The second-order valence-electron chi connectivity index (χ2n) is 4.83. The first-order valence-corrected chi connectivity index (χ1v) is 6.40. The molecule has 2 aromatic heterocycles. The van der Waals surface area contributed by atoms with E-state index in [1.54, 1.807) is 48.3 Å². The van der Waals surface area contributed by atoms with Crippen LogP contribution in [0.25, 0.3) is 10.9 Å². The molecule has 0 saturated carbocycles. The molecule has 112 valence electrons. The lowest BCUT2D eigenvalue weighted by atomic mass is 10.2. The SMILES string of the molecule is Cn1cc(N)cc1C(=O)n1ncc2ccc(NC(=O)O)cc21. The van der Waals surface area contributed by atoms with Gasteiger partial charge in [0.2, 0.25) is 0 Å². The minimum absolute atomic E-state index is 0.346. The summed E-state index contributed by atoms with van der Waals surface area (Å²) in [6.07, 6.45) is 2.01. The van der Waals surface area contributed by atoms with Gasteiger partial charge >= 0.3 is 6.09 Å². The third kappa shape index (κ3) is 2.26. The Labute approximate surface area is 124 Å². The summed E-state index contributed by atoms with van der Waals surface area (Å²) in [7, 11) is 1.71. The molecule has 8 heteroatoms. The molecule has 0 saturated heterocycles. The third-order valence-electron chi connectivity index (χ3n) is 3.26. The normalized spacial score (nSPS) is 10.8. The molecule has 3 aromatic rings. The lowest BCUT2D eigenvalue weighted by molar-refractivity contribution is 0.0942. The quantitative estimate of drug-likeness (QED) is 0.666. The summed E-state index contributed by atoms with van der Waals surface area (Å²) in [5.74, 6) is -0.346. The number of rotatable bonds is 2. The predicted molar refractivity (Wildman–Crippen MR) is 80.9 cm³/mol. The smallest absolute Gasteiger partial charge is 0.409 e. The van der Waals surface area contributed by atoms with E-state index in [1.807, 2.05) is 0 Å². The van der Waals surface area contributed by atoms with Crippen LogP contribution in [0.1, 0.15) is 10.5 Å². The van der Waals surface area contributed by atoms with E-state index in [1.165, 1.54) is 4.68 Å². The van der Waals surface area contributed by atoms with E-state index in [-0.39, 0.29) is 5.91 Å². The molecule has 0 unspecified atom stereocenters. The van der Waals surface area contributed by atoms with Crippen molar-refractivity contribution in [1.82, 2.24) is 14.3 Å². The molecule has 0 bridgehead atoms. The van der Waals surface area contributed by atoms with E-state index in [2.05, 4.69) is 10.4 Å². The number of anilines is 2. The predicted octanol–water partition coefficient (Wildman–Crippen LogP) is 1.74. The minimum Gasteiger partial charge on any atom is -0.465 e. The number of aromatic nitrogens is 3. The summed E-state index contributed by atoms with van der Waals surface area (Å²) < 4.78 is 2.83. The van der Waals surface area contributed by atoms with Gasteiger partial charge in [0.05, 0.1) is 17.4 Å². The number of carboxylic acid groups (broad SMARTS) is 1. The minimum atomic E-state index is -1.17. The Morgan fingerprint density at radius 1 is 1.32 bits per heavy atom. The number of nitrogens with one attached hydrogen (secondary N) is 1. The van der Waals surface area contributed by atoms with E-state index in [0.29, 0.717) is 22.6 Å². The summed E-state index contributed by atoms with van der Waals surface area (Å²) in [6, 6.07) is 6.42. The van der Waals surface area contributed by atoms with Gasteiger partial charge < -0.3 is 15.4 Å². The molecule has 4 N–H and O–H groups in total. The average molecular weight is 299 g/mol. The van der Waals surface area contributed by atoms with Gasteiger partial charge in [-0.3, -0.25) is 10.1 Å². The molecule has 0 aliphatic heterocycles. The maximum absolute atomic E-state index is 12.6. The molecule has 0 fully saturated rings. The van der Waals surface area contributed by atoms with Crippen LogP contribution < -0.4 is 11.1 Å². The number of aryl methyl sites for hydroxylation is 1. The Hall–Kier alpha value is -3.29. The molecule has 0 spiro atoms. The Morgan fingerprint density at radius 3 is 2.73 bits per heavy atom. The largest absolute Gasteiger partial charge is 0.465 e. The van der Waals surface area contributed by atoms with Gasteiger partial charge in [0.1, 0.15) is 5.69 Å². The van der Waals surface area contributed by atoms with Gasteiger partial charge in [-0.2, -0.15) is 9.78 Å². The van der Waals surface area contributed by atoms with Gasteiger partial charge in [-0.05, 0) is 24.3 Å². The van der Waals surface area contributed by atoms with Gasteiger partial charge in [0, 0.05) is 24.3 Å². The standard InChI is InChI=1S/C14H13N5O3/c1-18-7-9(15)4-12(18)13(20)19-11-5-10(17-14(21)22)3-2-8(11)6-16-19/h2-7,17H,15H2,1H3,(H,21,22). The number of nitrogen functional groups attached to an aromatic ring is 1. The molecule has 22 heavy (non-hydrogen) atoms. The number of benzene rings is 1. The highest BCUT2D eigenvalue weighted by atomic mass is 16.4. The molecular weight excluding hydrogens is 286 g/mol. The number of fused-ring (bicyclic) bond motifs is 1. The molecule has 1 aromatic carbocycles. The van der Waals surface area contributed by atoms with E-state index < -0.39 is 6.09 Å². The van der Waals surface area contributed by atoms with Crippen LogP contribution in [0.3, 0.4) is 0 Å². The van der Waals surface area contributed by atoms with Crippen molar-refractivity contribution in [3.63, 3.8) is 0 Å². The zero-order valence-corrected chi connectivity index (χ0v) is 11.6. The maximum Gasteiger partial charge on any atom is 0.409 e. The van der Waals surface area contributed by atoms with Crippen LogP contribution in [0.4, 0.5) is 16.2 Å². The van der Waals surface area contributed by atoms with Gasteiger partial charge in [-0.15, -0.1) is 0 Å². The highest BCUT2D eigenvalue weighted by molar-refractivity contribution is 6.01. The molecule has 2 heterocycles. The van der Waals surface area contributed by atoms with Crippen LogP contribution in [0.5, 0.6) is 0 Å². The number of carbonyl (C=O) groups excluding carboxylic acids is 1. The monoisotopic (exact) mass is 299 g/mol. The molecular formula is C14H13N5O3. The first kappa shape index (κ1) is 13.7. The highest BCUT2D eigenvalue weighted by Gasteiger charge is 2.17. The third-order valence-corrected chi connectivity index (χ3v) is 3.26. The Bertz CT molecular complexity index is 893. The van der Waals surface area contributed by atoms with Crippen molar-refractivity contribution in [1.29, 1.82) is 0 Å². The molecule has 0 radical (unpaired) electrons. The molecule has 0 atom stereocenters. The summed E-state index contributed by atoms with van der Waals surface area (Å²) in [5.41, 5.74) is 7.43. The fourth-order valence-electron chi connectivity index (χ4n) is 2.29. The van der Waals surface area contributed by atoms with Crippen molar-refractivity contribution in [2.24, 2.45) is 7.05 Å². The average Bonchev–Trinajstić information content (AvgIpc) is 3.00. The van der Waals surface area contributed by atoms with E-state index >= 15 is 0 Å². The van der Waals surface area contributed by atoms with E-state index in [9.17, 15) is 9.59 Å². The Morgan fingerprint density at radius 2 is 2.09 bits per heavy atom. The Balaban J connectivity index is 2.08. The molecule has 3 rings (SSSR count). The molecule has 0 aliphatic rings. The topological polar surface area (TPSA) is 115 Å². The van der Waals surface area contributed by atoms with Crippen molar-refractivity contribution in [3.8, 4) is 0 Å². The summed E-state index contributed by atoms with van der Waals surface area (Å²) in [6.45, 7) is 0. The highest BCUT2D eigenvalue weighted by Crippen LogP contribution is 2.20. The van der Waals surface area contributed by atoms with Crippen molar-refractivity contribution in [2.45, 2.75) is 0 Å². The van der Waals surface area contributed by atoms with Gasteiger partial charge in [0.25, 0.3) is 5.91 Å². The second-order valence-corrected chi connectivity index (χ2v) is 4.83. The lowest BCUT2D eigenvalue weighted by Gasteiger charge is -2.05. The zero-order valence-electron chi connectivity index (χ0n) is 11.6. The van der Waals surface area contributed by atoms with Crippen LogP contribution >= 0.6 is 0 Å². The number of hydrogen-bond donors (Lipinski definition) is 3. The fourth-order valence-corrected chi connectivity index (χ4v) is 2.29. The van der Waals surface area contributed by atoms with Gasteiger partial charge in [-0.1, -0.05) is 0 Å². The van der Waals surface area contributed by atoms with Crippen LogP contribution in [0.2, 0.25) is 0 Å². The van der Waals surface area contributed by atoms with Crippen molar-refractivity contribution in [2.75, 3.05) is 11.1 Å².